The van der Waals surface area contributed by atoms with Gasteiger partial charge in [0, 0.05) is 31.6 Å². The zero-order valence-corrected chi connectivity index (χ0v) is 12.2. The van der Waals surface area contributed by atoms with Gasteiger partial charge in [0.25, 0.3) is 0 Å². The lowest BCUT2D eigenvalue weighted by Gasteiger charge is -2.34. The summed E-state index contributed by atoms with van der Waals surface area (Å²) >= 11 is 0. The second-order valence-corrected chi connectivity index (χ2v) is 5.25. The van der Waals surface area contributed by atoms with Crippen LogP contribution in [0.5, 0.6) is 0 Å². The molecule has 4 nitrogen and oxygen atoms in total. The van der Waals surface area contributed by atoms with Crippen molar-refractivity contribution in [3.63, 3.8) is 0 Å². The van der Waals surface area contributed by atoms with E-state index >= 15 is 0 Å². The average molecular weight is 255 g/mol. The second kappa shape index (κ2) is 8.48. The first-order valence-electron chi connectivity index (χ1n) is 7.37. The van der Waals surface area contributed by atoms with E-state index in [2.05, 4.69) is 29.5 Å². The van der Waals surface area contributed by atoms with Gasteiger partial charge in [-0.05, 0) is 46.2 Å². The lowest BCUT2D eigenvalue weighted by molar-refractivity contribution is -0.121. The van der Waals surface area contributed by atoms with Crippen molar-refractivity contribution < 1.29 is 4.79 Å². The molecule has 0 heterocycles. The molecule has 0 aromatic heterocycles. The van der Waals surface area contributed by atoms with Gasteiger partial charge in [0.05, 0.1) is 0 Å². The number of hydrogen-bond donors (Lipinski definition) is 2. The molecular formula is C14H29N3O. The summed E-state index contributed by atoms with van der Waals surface area (Å²) in [5.41, 5.74) is 0. The maximum atomic E-state index is 11.4. The highest BCUT2D eigenvalue weighted by Crippen LogP contribution is 2.22. The van der Waals surface area contributed by atoms with Crippen LogP contribution in [0.1, 0.15) is 46.0 Å². The van der Waals surface area contributed by atoms with Gasteiger partial charge in [-0.25, -0.2) is 0 Å². The van der Waals surface area contributed by atoms with Crippen LogP contribution < -0.4 is 10.6 Å². The minimum absolute atomic E-state index is 0.172. The standard InChI is InChI=1S/C14H29N3O/c1-4-15-12-6-8-13(9-7-12)17(3)11-10-14(18)16-5-2/h12-13,15H,4-11H2,1-3H3,(H,16,18). The van der Waals surface area contributed by atoms with Crippen LogP contribution in [0.4, 0.5) is 0 Å². The molecule has 4 heteroatoms. The summed E-state index contributed by atoms with van der Waals surface area (Å²) in [6, 6.07) is 1.37. The Hall–Kier alpha value is -0.610. The molecule has 0 spiro atoms. The van der Waals surface area contributed by atoms with Gasteiger partial charge in [0.1, 0.15) is 0 Å². The predicted molar refractivity (Wildman–Crippen MR) is 75.7 cm³/mol. The number of nitrogens with one attached hydrogen (secondary N) is 2. The number of nitrogens with zero attached hydrogens (tertiary/aromatic N) is 1. The van der Waals surface area contributed by atoms with E-state index in [1.54, 1.807) is 0 Å². The number of amides is 1. The molecule has 1 saturated carbocycles. The molecule has 0 unspecified atom stereocenters. The summed E-state index contributed by atoms with van der Waals surface area (Å²) in [6.45, 7) is 6.81. The molecular weight excluding hydrogens is 226 g/mol. The van der Waals surface area contributed by atoms with Crippen LogP contribution in [0.15, 0.2) is 0 Å². The molecule has 0 aliphatic heterocycles. The molecule has 0 saturated heterocycles. The molecule has 0 radical (unpaired) electrons. The van der Waals surface area contributed by atoms with Crippen LogP contribution in [-0.4, -0.2) is 49.6 Å². The smallest absolute Gasteiger partial charge is 0.221 e. The Morgan fingerprint density at radius 2 is 1.83 bits per heavy atom. The largest absolute Gasteiger partial charge is 0.356 e. The second-order valence-electron chi connectivity index (χ2n) is 5.25. The van der Waals surface area contributed by atoms with Crippen molar-refractivity contribution in [3.05, 3.63) is 0 Å². The Morgan fingerprint density at radius 1 is 1.17 bits per heavy atom. The summed E-state index contributed by atoms with van der Waals surface area (Å²) in [7, 11) is 2.15. The molecule has 106 valence electrons. The van der Waals surface area contributed by atoms with Crippen molar-refractivity contribution in [1.29, 1.82) is 0 Å². The molecule has 1 amide bonds. The van der Waals surface area contributed by atoms with Crippen molar-refractivity contribution in [2.75, 3.05) is 26.7 Å². The zero-order valence-electron chi connectivity index (χ0n) is 12.2. The van der Waals surface area contributed by atoms with E-state index in [0.29, 0.717) is 18.5 Å². The van der Waals surface area contributed by atoms with Crippen molar-refractivity contribution in [2.45, 2.75) is 58.0 Å². The van der Waals surface area contributed by atoms with E-state index in [1.807, 2.05) is 6.92 Å². The van der Waals surface area contributed by atoms with Crippen molar-refractivity contribution in [1.82, 2.24) is 15.5 Å². The van der Waals surface area contributed by atoms with Gasteiger partial charge in [0.15, 0.2) is 0 Å². The Kier molecular flexibility index (Phi) is 7.28. The molecule has 1 fully saturated rings. The van der Waals surface area contributed by atoms with E-state index in [0.717, 1.165) is 19.6 Å². The first kappa shape index (κ1) is 15.4. The minimum atomic E-state index is 0.172. The van der Waals surface area contributed by atoms with Crippen LogP contribution >= 0.6 is 0 Å². The number of carbonyl (C=O) groups is 1. The lowest BCUT2D eigenvalue weighted by Crippen LogP contribution is -2.41. The fourth-order valence-corrected chi connectivity index (χ4v) is 2.76. The van der Waals surface area contributed by atoms with Gasteiger partial charge in [-0.2, -0.15) is 0 Å². The van der Waals surface area contributed by atoms with Crippen LogP contribution in [0.2, 0.25) is 0 Å². The summed E-state index contributed by atoms with van der Waals surface area (Å²) in [5, 5.41) is 6.38. The quantitative estimate of drug-likeness (QED) is 0.722. The fourth-order valence-electron chi connectivity index (χ4n) is 2.76. The SMILES string of the molecule is CCNC(=O)CCN(C)C1CCC(NCC)CC1. The van der Waals surface area contributed by atoms with Crippen molar-refractivity contribution >= 4 is 5.91 Å². The molecule has 1 rings (SSSR count). The molecule has 18 heavy (non-hydrogen) atoms. The summed E-state index contributed by atoms with van der Waals surface area (Å²) < 4.78 is 0. The van der Waals surface area contributed by atoms with E-state index < -0.39 is 0 Å². The van der Waals surface area contributed by atoms with Crippen LogP contribution in [0, 0.1) is 0 Å². The molecule has 0 bridgehead atoms. The molecule has 0 atom stereocenters. The van der Waals surface area contributed by atoms with Gasteiger partial charge in [-0.1, -0.05) is 6.92 Å². The van der Waals surface area contributed by atoms with E-state index in [-0.39, 0.29) is 5.91 Å². The Balaban J connectivity index is 2.19. The van der Waals surface area contributed by atoms with E-state index in [4.69, 9.17) is 0 Å². The Morgan fingerprint density at radius 3 is 2.39 bits per heavy atom. The zero-order chi connectivity index (χ0) is 13.4. The van der Waals surface area contributed by atoms with Gasteiger partial charge in [0.2, 0.25) is 5.91 Å². The Bertz CT molecular complexity index is 237. The first-order chi connectivity index (χ1) is 8.67. The number of carbonyl (C=O) groups excluding carboxylic acids is 1. The highest BCUT2D eigenvalue weighted by Gasteiger charge is 2.23. The third-order valence-corrected chi connectivity index (χ3v) is 3.88. The summed E-state index contributed by atoms with van der Waals surface area (Å²) in [6.07, 6.45) is 5.67. The lowest BCUT2D eigenvalue weighted by atomic mass is 9.90. The minimum Gasteiger partial charge on any atom is -0.356 e. The maximum Gasteiger partial charge on any atom is 0.221 e. The van der Waals surface area contributed by atoms with Crippen molar-refractivity contribution in [3.8, 4) is 0 Å². The third-order valence-electron chi connectivity index (χ3n) is 3.88. The molecule has 0 aromatic carbocycles. The molecule has 2 N–H and O–H groups in total. The van der Waals surface area contributed by atoms with Gasteiger partial charge in [-0.15, -0.1) is 0 Å². The third kappa shape index (κ3) is 5.36. The molecule has 0 aromatic rings. The monoisotopic (exact) mass is 255 g/mol. The van der Waals surface area contributed by atoms with E-state index in [9.17, 15) is 4.79 Å². The van der Waals surface area contributed by atoms with E-state index in [1.165, 1.54) is 25.7 Å². The number of hydrogen-bond acceptors (Lipinski definition) is 3. The maximum absolute atomic E-state index is 11.4. The number of rotatable bonds is 7. The summed E-state index contributed by atoms with van der Waals surface area (Å²) in [5.74, 6) is 0.172. The fraction of sp³-hybridized carbons (Fsp3) is 0.929. The van der Waals surface area contributed by atoms with Gasteiger partial charge < -0.3 is 15.5 Å². The van der Waals surface area contributed by atoms with Crippen molar-refractivity contribution in [2.24, 2.45) is 0 Å². The van der Waals surface area contributed by atoms with Gasteiger partial charge in [-0.3, -0.25) is 4.79 Å². The van der Waals surface area contributed by atoms with Crippen LogP contribution in [-0.2, 0) is 4.79 Å². The Labute approximate surface area is 111 Å². The average Bonchev–Trinajstić information content (AvgIpc) is 2.37. The predicted octanol–water partition coefficient (Wildman–Crippen LogP) is 1.37. The topological polar surface area (TPSA) is 44.4 Å². The molecule has 1 aliphatic carbocycles. The van der Waals surface area contributed by atoms with Crippen LogP contribution in [0.25, 0.3) is 0 Å². The first-order valence-corrected chi connectivity index (χ1v) is 7.37. The summed E-state index contributed by atoms with van der Waals surface area (Å²) in [4.78, 5) is 13.8. The van der Waals surface area contributed by atoms with Crippen LogP contribution in [0.3, 0.4) is 0 Å². The normalized spacial score (nSPS) is 24.2. The van der Waals surface area contributed by atoms with Gasteiger partial charge >= 0.3 is 0 Å². The molecule has 1 aliphatic rings. The highest BCUT2D eigenvalue weighted by atomic mass is 16.1. The highest BCUT2D eigenvalue weighted by molar-refractivity contribution is 5.75.